The van der Waals surface area contributed by atoms with Crippen molar-refractivity contribution in [3.8, 4) is 17.2 Å². The molecule has 0 atom stereocenters. The Kier molecular flexibility index (Phi) is 2.49. The van der Waals surface area contributed by atoms with Crippen LogP contribution in [0.25, 0.3) is 11.5 Å². The number of aldehydes is 1. The highest BCUT2D eigenvalue weighted by atomic mass is 16.5. The summed E-state index contributed by atoms with van der Waals surface area (Å²) in [6.45, 7) is 0. The molecule has 0 bridgehead atoms. The number of aromatic nitrogens is 1. The summed E-state index contributed by atoms with van der Waals surface area (Å²) in [5, 5.41) is 0. The number of nitrogens with zero attached hydrogens (tertiary/aromatic N) is 1. The zero-order valence-corrected chi connectivity index (χ0v) is 8.14. The molecular formula is C11H9NO3. The second kappa shape index (κ2) is 3.96. The van der Waals surface area contributed by atoms with E-state index in [9.17, 15) is 4.79 Å². The second-order valence-corrected chi connectivity index (χ2v) is 2.92. The van der Waals surface area contributed by atoms with Crippen molar-refractivity contribution < 1.29 is 13.9 Å². The second-order valence-electron chi connectivity index (χ2n) is 2.92. The summed E-state index contributed by atoms with van der Waals surface area (Å²) in [6, 6.07) is 7.25. The van der Waals surface area contributed by atoms with E-state index in [1.54, 1.807) is 19.2 Å². The lowest BCUT2D eigenvalue weighted by molar-refractivity contribution is 0.111. The summed E-state index contributed by atoms with van der Waals surface area (Å²) in [6.07, 6.45) is 1.98. The van der Waals surface area contributed by atoms with Gasteiger partial charge in [-0.3, -0.25) is 4.79 Å². The molecule has 0 aliphatic rings. The fourth-order valence-corrected chi connectivity index (χ4v) is 1.21. The molecule has 1 heterocycles. The Morgan fingerprint density at radius 1 is 1.33 bits per heavy atom. The van der Waals surface area contributed by atoms with Crippen LogP contribution in [0.15, 0.2) is 34.9 Å². The molecule has 0 N–H and O–H groups in total. The zero-order chi connectivity index (χ0) is 10.7. The van der Waals surface area contributed by atoms with Crippen LogP contribution < -0.4 is 4.74 Å². The Bertz CT molecular complexity index is 459. The predicted molar refractivity (Wildman–Crippen MR) is 53.9 cm³/mol. The number of methoxy groups -OCH3 is 1. The summed E-state index contributed by atoms with van der Waals surface area (Å²) in [7, 11) is 1.60. The number of ether oxygens (including phenoxy) is 1. The van der Waals surface area contributed by atoms with Crippen LogP contribution in [0, 0.1) is 0 Å². The third-order valence-corrected chi connectivity index (χ3v) is 1.98. The van der Waals surface area contributed by atoms with Gasteiger partial charge in [0.05, 0.1) is 7.11 Å². The first-order chi connectivity index (χ1) is 7.33. The molecule has 0 spiro atoms. The normalized spacial score (nSPS) is 9.93. The third kappa shape index (κ3) is 1.88. The lowest BCUT2D eigenvalue weighted by atomic mass is 10.2. The minimum Gasteiger partial charge on any atom is -0.497 e. The van der Waals surface area contributed by atoms with Gasteiger partial charge in [0.15, 0.2) is 6.29 Å². The maximum absolute atomic E-state index is 10.4. The molecule has 0 aliphatic carbocycles. The van der Waals surface area contributed by atoms with Gasteiger partial charge in [0.1, 0.15) is 17.7 Å². The van der Waals surface area contributed by atoms with Crippen LogP contribution in [0.1, 0.15) is 10.5 Å². The minimum atomic E-state index is 0.292. The molecule has 0 unspecified atom stereocenters. The molecule has 4 heteroatoms. The quantitative estimate of drug-likeness (QED) is 0.717. The lowest BCUT2D eigenvalue weighted by Gasteiger charge is -1.99. The van der Waals surface area contributed by atoms with Crippen LogP contribution in [0.5, 0.6) is 5.75 Å². The van der Waals surface area contributed by atoms with Gasteiger partial charge in [-0.2, -0.15) is 0 Å². The average Bonchev–Trinajstić information content (AvgIpc) is 2.78. The van der Waals surface area contributed by atoms with Crippen molar-refractivity contribution in [1.29, 1.82) is 0 Å². The van der Waals surface area contributed by atoms with Gasteiger partial charge in [0, 0.05) is 5.56 Å². The van der Waals surface area contributed by atoms with Crippen LogP contribution in [-0.2, 0) is 0 Å². The predicted octanol–water partition coefficient (Wildman–Crippen LogP) is 2.16. The van der Waals surface area contributed by atoms with Crippen molar-refractivity contribution in [2.45, 2.75) is 0 Å². The van der Waals surface area contributed by atoms with Crippen molar-refractivity contribution in [1.82, 2.24) is 4.98 Å². The van der Waals surface area contributed by atoms with E-state index in [0.717, 1.165) is 11.3 Å². The molecule has 4 nitrogen and oxygen atoms in total. The van der Waals surface area contributed by atoms with Crippen molar-refractivity contribution in [3.05, 3.63) is 36.2 Å². The van der Waals surface area contributed by atoms with E-state index in [1.165, 1.54) is 6.26 Å². The summed E-state index contributed by atoms with van der Waals surface area (Å²) < 4.78 is 10.2. The van der Waals surface area contributed by atoms with Crippen molar-refractivity contribution in [2.75, 3.05) is 7.11 Å². The molecule has 0 saturated heterocycles. The summed E-state index contributed by atoms with van der Waals surface area (Å²) in [4.78, 5) is 14.4. The van der Waals surface area contributed by atoms with E-state index in [1.807, 2.05) is 12.1 Å². The van der Waals surface area contributed by atoms with Crippen LogP contribution in [0.3, 0.4) is 0 Å². The number of hydrogen-bond donors (Lipinski definition) is 0. The molecule has 0 fully saturated rings. The zero-order valence-electron chi connectivity index (χ0n) is 8.14. The Morgan fingerprint density at radius 3 is 2.60 bits per heavy atom. The first kappa shape index (κ1) is 9.45. The summed E-state index contributed by atoms with van der Waals surface area (Å²) in [5.74, 6) is 1.20. The van der Waals surface area contributed by atoms with Crippen molar-refractivity contribution >= 4 is 6.29 Å². The molecule has 0 amide bonds. The molecule has 0 radical (unpaired) electrons. The number of carbonyl (C=O) groups excluding carboxylic acids is 1. The van der Waals surface area contributed by atoms with Gasteiger partial charge in [0.25, 0.3) is 0 Å². The Labute approximate surface area is 86.5 Å². The molecule has 15 heavy (non-hydrogen) atoms. The van der Waals surface area contributed by atoms with E-state index >= 15 is 0 Å². The highest BCUT2D eigenvalue weighted by Crippen LogP contribution is 2.21. The molecule has 0 saturated carbocycles. The fraction of sp³-hybridized carbons (Fsp3) is 0.0909. The maximum atomic E-state index is 10.4. The first-order valence-corrected chi connectivity index (χ1v) is 4.38. The number of oxazole rings is 1. The molecule has 2 rings (SSSR count). The maximum Gasteiger partial charge on any atom is 0.226 e. The number of hydrogen-bond acceptors (Lipinski definition) is 4. The summed E-state index contributed by atoms with van der Waals surface area (Å²) >= 11 is 0. The molecule has 1 aromatic carbocycles. The van der Waals surface area contributed by atoms with Gasteiger partial charge in [-0.25, -0.2) is 4.98 Å². The summed E-state index contributed by atoms with van der Waals surface area (Å²) in [5.41, 5.74) is 1.10. The van der Waals surface area contributed by atoms with Gasteiger partial charge in [-0.05, 0) is 24.3 Å². The lowest BCUT2D eigenvalue weighted by Crippen LogP contribution is -1.83. The first-order valence-electron chi connectivity index (χ1n) is 4.38. The van der Waals surface area contributed by atoms with Crippen LogP contribution >= 0.6 is 0 Å². The average molecular weight is 203 g/mol. The van der Waals surface area contributed by atoms with E-state index in [4.69, 9.17) is 9.15 Å². The molecule has 76 valence electrons. The standard InChI is InChI=1S/C11H9NO3/c1-14-10-4-2-8(3-5-10)11-12-9(6-13)7-15-11/h2-7H,1H3. The van der Waals surface area contributed by atoms with Crippen LogP contribution in [0.4, 0.5) is 0 Å². The van der Waals surface area contributed by atoms with Gasteiger partial charge in [-0.15, -0.1) is 0 Å². The van der Waals surface area contributed by atoms with Gasteiger partial charge in [-0.1, -0.05) is 0 Å². The van der Waals surface area contributed by atoms with Crippen LogP contribution in [-0.4, -0.2) is 18.4 Å². The fourth-order valence-electron chi connectivity index (χ4n) is 1.21. The van der Waals surface area contributed by atoms with Gasteiger partial charge < -0.3 is 9.15 Å². The van der Waals surface area contributed by atoms with E-state index < -0.39 is 0 Å². The van der Waals surface area contributed by atoms with Gasteiger partial charge >= 0.3 is 0 Å². The van der Waals surface area contributed by atoms with Crippen LogP contribution in [0.2, 0.25) is 0 Å². The minimum absolute atomic E-state index is 0.292. The van der Waals surface area contributed by atoms with Gasteiger partial charge in [0.2, 0.25) is 5.89 Å². The largest absolute Gasteiger partial charge is 0.497 e. The third-order valence-electron chi connectivity index (χ3n) is 1.98. The monoisotopic (exact) mass is 203 g/mol. The molecule has 2 aromatic rings. The van der Waals surface area contributed by atoms with Crippen molar-refractivity contribution in [2.24, 2.45) is 0 Å². The number of carbonyl (C=O) groups is 1. The molecule has 0 aliphatic heterocycles. The number of rotatable bonds is 3. The Morgan fingerprint density at radius 2 is 2.07 bits per heavy atom. The molecule has 1 aromatic heterocycles. The number of benzene rings is 1. The van der Waals surface area contributed by atoms with E-state index in [0.29, 0.717) is 17.9 Å². The molecular weight excluding hydrogens is 194 g/mol. The highest BCUT2D eigenvalue weighted by Gasteiger charge is 2.05. The smallest absolute Gasteiger partial charge is 0.226 e. The Balaban J connectivity index is 2.32. The SMILES string of the molecule is COc1ccc(-c2nc(C=O)co2)cc1. The van der Waals surface area contributed by atoms with E-state index in [2.05, 4.69) is 4.98 Å². The topological polar surface area (TPSA) is 52.3 Å². The van der Waals surface area contributed by atoms with Crippen molar-refractivity contribution in [3.63, 3.8) is 0 Å². The highest BCUT2D eigenvalue weighted by molar-refractivity contribution is 5.72. The van der Waals surface area contributed by atoms with E-state index in [-0.39, 0.29) is 0 Å². The Hall–Kier alpha value is -2.10.